The van der Waals surface area contributed by atoms with Gasteiger partial charge in [0.2, 0.25) is 11.8 Å². The molecule has 0 saturated carbocycles. The van der Waals surface area contributed by atoms with Crippen LogP contribution in [0.25, 0.3) is 11.4 Å². The highest BCUT2D eigenvalue weighted by Gasteiger charge is 2.29. The first-order valence-corrected chi connectivity index (χ1v) is 9.59. The molecule has 0 fully saturated rings. The van der Waals surface area contributed by atoms with Crippen LogP contribution in [0.1, 0.15) is 31.5 Å². The summed E-state index contributed by atoms with van der Waals surface area (Å²) in [5.74, 6) is 1.30. The molecule has 1 aromatic heterocycles. The van der Waals surface area contributed by atoms with Gasteiger partial charge in [0.05, 0.1) is 12.2 Å². The lowest BCUT2D eigenvalue weighted by Gasteiger charge is -2.33. The normalized spacial score (nSPS) is 14.2. The van der Waals surface area contributed by atoms with E-state index in [1.54, 1.807) is 4.90 Å². The van der Waals surface area contributed by atoms with Crippen LogP contribution in [0.3, 0.4) is 0 Å². The Labute approximate surface area is 165 Å². The molecule has 2 amide bonds. The highest BCUT2D eigenvalue weighted by Crippen LogP contribution is 2.28. The number of amides is 2. The minimum atomic E-state index is -0.497. The van der Waals surface area contributed by atoms with Crippen LogP contribution in [-0.4, -0.2) is 53.4 Å². The largest absolute Gasteiger partial charge is 0.362 e. The minimum Gasteiger partial charge on any atom is -0.362 e. The molecule has 148 valence electrons. The van der Waals surface area contributed by atoms with E-state index in [9.17, 15) is 9.59 Å². The van der Waals surface area contributed by atoms with E-state index in [1.165, 1.54) is 6.92 Å². The van der Waals surface area contributed by atoms with Crippen molar-refractivity contribution in [1.29, 1.82) is 0 Å². The second-order valence-corrected chi connectivity index (χ2v) is 7.23. The number of carbonyl (C=O) groups is 2. The highest BCUT2D eigenvalue weighted by molar-refractivity contribution is 5.87. The zero-order chi connectivity index (χ0) is 20.3. The Morgan fingerprint density at radius 3 is 2.54 bits per heavy atom. The fourth-order valence-electron chi connectivity index (χ4n) is 3.49. The molecule has 0 aliphatic carbocycles. The van der Waals surface area contributed by atoms with Gasteiger partial charge in [-0.3, -0.25) is 9.59 Å². The second-order valence-electron chi connectivity index (χ2n) is 7.23. The summed E-state index contributed by atoms with van der Waals surface area (Å²) >= 11 is 0. The Hall–Kier alpha value is -2.96. The third-order valence-electron chi connectivity index (χ3n) is 4.89. The lowest BCUT2D eigenvalue weighted by Crippen LogP contribution is -2.49. The van der Waals surface area contributed by atoms with Gasteiger partial charge in [0.15, 0.2) is 5.82 Å². The third-order valence-corrected chi connectivity index (χ3v) is 4.89. The third kappa shape index (κ3) is 4.13. The molecule has 7 heteroatoms. The van der Waals surface area contributed by atoms with Gasteiger partial charge in [-0.1, -0.05) is 37.3 Å². The van der Waals surface area contributed by atoms with E-state index in [4.69, 9.17) is 9.97 Å². The second kappa shape index (κ2) is 8.37. The number of carbonyl (C=O) groups excluding carboxylic acids is 2. The van der Waals surface area contributed by atoms with Crippen LogP contribution in [0, 0.1) is 0 Å². The average Bonchev–Trinajstić information content (AvgIpc) is 2.70. The predicted molar refractivity (Wildman–Crippen MR) is 109 cm³/mol. The van der Waals surface area contributed by atoms with Crippen molar-refractivity contribution in [3.8, 4) is 11.4 Å². The van der Waals surface area contributed by atoms with E-state index in [0.717, 1.165) is 22.6 Å². The van der Waals surface area contributed by atoms with E-state index in [0.29, 0.717) is 31.8 Å². The fourth-order valence-corrected chi connectivity index (χ4v) is 3.49. The van der Waals surface area contributed by atoms with Crippen LogP contribution < -0.4 is 10.2 Å². The standard InChI is InChI=1S/C21H27N5O2/c1-5-17(22-14(2)27)21(28)26-12-11-16-18(13-26)23-19(24-20(16)25(3)4)15-9-7-6-8-10-15/h6-10,17H,5,11-13H2,1-4H3,(H,22,27)/t17-/m1/s1. The molecule has 1 aliphatic rings. The van der Waals surface area contributed by atoms with Gasteiger partial charge >= 0.3 is 0 Å². The van der Waals surface area contributed by atoms with Crippen LogP contribution in [0.15, 0.2) is 30.3 Å². The Morgan fingerprint density at radius 1 is 1.21 bits per heavy atom. The maximum Gasteiger partial charge on any atom is 0.245 e. The number of hydrogen-bond acceptors (Lipinski definition) is 5. The zero-order valence-corrected chi connectivity index (χ0v) is 16.9. The van der Waals surface area contributed by atoms with Crippen molar-refractivity contribution in [2.24, 2.45) is 0 Å². The first-order valence-electron chi connectivity index (χ1n) is 9.59. The van der Waals surface area contributed by atoms with Crippen molar-refractivity contribution >= 4 is 17.6 Å². The Morgan fingerprint density at radius 2 is 1.93 bits per heavy atom. The number of nitrogens with one attached hydrogen (secondary N) is 1. The van der Waals surface area contributed by atoms with Gasteiger partial charge in [-0.25, -0.2) is 9.97 Å². The minimum absolute atomic E-state index is 0.0605. The van der Waals surface area contributed by atoms with Crippen LogP contribution in [0.5, 0.6) is 0 Å². The van der Waals surface area contributed by atoms with Gasteiger partial charge < -0.3 is 15.1 Å². The first-order chi connectivity index (χ1) is 13.4. The topological polar surface area (TPSA) is 78.4 Å². The molecule has 1 aromatic carbocycles. The molecule has 28 heavy (non-hydrogen) atoms. The maximum absolute atomic E-state index is 12.9. The Bertz CT molecular complexity index is 867. The molecule has 0 unspecified atom stereocenters. The summed E-state index contributed by atoms with van der Waals surface area (Å²) in [6.45, 7) is 4.35. The quantitative estimate of drug-likeness (QED) is 0.857. The van der Waals surface area contributed by atoms with E-state index >= 15 is 0 Å². The summed E-state index contributed by atoms with van der Waals surface area (Å²) in [6, 6.07) is 9.35. The summed E-state index contributed by atoms with van der Waals surface area (Å²) in [7, 11) is 3.94. The Balaban J connectivity index is 1.94. The molecule has 1 N–H and O–H groups in total. The molecule has 1 atom stereocenters. The number of nitrogens with zero attached hydrogens (tertiary/aromatic N) is 4. The smallest absolute Gasteiger partial charge is 0.245 e. The number of benzene rings is 1. The molecule has 0 radical (unpaired) electrons. The number of hydrogen-bond donors (Lipinski definition) is 1. The average molecular weight is 381 g/mol. The molecular formula is C21H27N5O2. The Kier molecular flexibility index (Phi) is 5.92. The van der Waals surface area contributed by atoms with Crippen molar-refractivity contribution in [1.82, 2.24) is 20.2 Å². The number of aromatic nitrogens is 2. The van der Waals surface area contributed by atoms with Gasteiger partial charge in [-0.2, -0.15) is 0 Å². The molecule has 2 aromatic rings. The predicted octanol–water partition coefficient (Wildman–Crippen LogP) is 2.01. The van der Waals surface area contributed by atoms with E-state index in [-0.39, 0.29) is 11.8 Å². The van der Waals surface area contributed by atoms with E-state index in [2.05, 4.69) is 5.32 Å². The number of anilines is 1. The summed E-state index contributed by atoms with van der Waals surface area (Å²) < 4.78 is 0. The molecule has 3 rings (SSSR count). The molecular weight excluding hydrogens is 354 g/mol. The van der Waals surface area contributed by atoms with Gasteiger partial charge in [-0.05, 0) is 12.8 Å². The summed E-state index contributed by atoms with van der Waals surface area (Å²) in [5.41, 5.74) is 2.90. The van der Waals surface area contributed by atoms with Crippen molar-refractivity contribution in [3.63, 3.8) is 0 Å². The van der Waals surface area contributed by atoms with Gasteiger partial charge in [0.1, 0.15) is 11.9 Å². The molecule has 0 saturated heterocycles. The summed E-state index contributed by atoms with van der Waals surface area (Å²) in [4.78, 5) is 37.7. The molecule has 2 heterocycles. The lowest BCUT2D eigenvalue weighted by atomic mass is 10.0. The molecule has 0 bridgehead atoms. The molecule has 0 spiro atoms. The summed E-state index contributed by atoms with van der Waals surface area (Å²) in [6.07, 6.45) is 1.25. The van der Waals surface area contributed by atoms with Crippen LogP contribution in [0.2, 0.25) is 0 Å². The summed E-state index contributed by atoms with van der Waals surface area (Å²) in [5, 5.41) is 2.75. The number of fused-ring (bicyclic) bond motifs is 1. The van der Waals surface area contributed by atoms with Gasteiger partial charge in [-0.15, -0.1) is 0 Å². The molecule has 7 nitrogen and oxygen atoms in total. The van der Waals surface area contributed by atoms with E-state index < -0.39 is 6.04 Å². The van der Waals surface area contributed by atoms with Gasteiger partial charge in [0.25, 0.3) is 0 Å². The SMILES string of the molecule is CC[C@@H](NC(C)=O)C(=O)N1CCc2c(nc(-c3ccccc3)nc2N(C)C)C1. The van der Waals surface area contributed by atoms with Crippen molar-refractivity contribution in [2.75, 3.05) is 25.5 Å². The lowest BCUT2D eigenvalue weighted by molar-refractivity contribution is -0.137. The highest BCUT2D eigenvalue weighted by atomic mass is 16.2. The van der Waals surface area contributed by atoms with Crippen LogP contribution in [0.4, 0.5) is 5.82 Å². The monoisotopic (exact) mass is 381 g/mol. The maximum atomic E-state index is 12.9. The van der Waals surface area contributed by atoms with Crippen LogP contribution in [-0.2, 0) is 22.6 Å². The van der Waals surface area contributed by atoms with Crippen molar-refractivity contribution < 1.29 is 9.59 Å². The number of rotatable bonds is 5. The zero-order valence-electron chi connectivity index (χ0n) is 16.9. The van der Waals surface area contributed by atoms with Gasteiger partial charge in [0, 0.05) is 38.7 Å². The van der Waals surface area contributed by atoms with Crippen molar-refractivity contribution in [2.45, 2.75) is 39.3 Å². The van der Waals surface area contributed by atoms with E-state index in [1.807, 2.05) is 56.3 Å². The molecule has 1 aliphatic heterocycles. The fraction of sp³-hybridized carbons (Fsp3) is 0.429. The van der Waals surface area contributed by atoms with Crippen molar-refractivity contribution in [3.05, 3.63) is 41.6 Å². The van der Waals surface area contributed by atoms with Crippen LogP contribution >= 0.6 is 0 Å². The first kappa shape index (κ1) is 19.8.